The number of aliphatic hydroxyl groups is 1. The normalized spacial score (nSPS) is 23.8. The molecule has 0 saturated carbocycles. The van der Waals surface area contributed by atoms with Crippen molar-refractivity contribution in [2.45, 2.75) is 31.9 Å². The van der Waals surface area contributed by atoms with Crippen molar-refractivity contribution < 1.29 is 5.11 Å². The van der Waals surface area contributed by atoms with Gasteiger partial charge in [-0.2, -0.15) is 5.10 Å². The second kappa shape index (κ2) is 6.43. The highest BCUT2D eigenvalue weighted by molar-refractivity contribution is 6.31. The van der Waals surface area contributed by atoms with Crippen molar-refractivity contribution in [2.24, 2.45) is 7.05 Å². The van der Waals surface area contributed by atoms with Crippen LogP contribution in [-0.4, -0.2) is 70.6 Å². The first-order chi connectivity index (χ1) is 9.40. The zero-order valence-corrected chi connectivity index (χ0v) is 13.6. The molecule has 114 valence electrons. The van der Waals surface area contributed by atoms with Crippen molar-refractivity contribution in [2.75, 3.05) is 33.7 Å². The molecule has 0 bridgehead atoms. The van der Waals surface area contributed by atoms with Gasteiger partial charge in [-0.25, -0.2) is 0 Å². The summed E-state index contributed by atoms with van der Waals surface area (Å²) in [6.07, 6.45) is 1.24. The number of hydrogen-bond acceptors (Lipinski definition) is 4. The first kappa shape index (κ1) is 15.8. The number of nitrogens with zero attached hydrogens (tertiary/aromatic N) is 4. The summed E-state index contributed by atoms with van der Waals surface area (Å²) in [7, 11) is 6.08. The van der Waals surface area contributed by atoms with Gasteiger partial charge in [0.2, 0.25) is 0 Å². The minimum absolute atomic E-state index is 0.133. The number of aryl methyl sites for hydroxylation is 2. The second-order valence-electron chi connectivity index (χ2n) is 5.90. The Morgan fingerprint density at radius 1 is 1.35 bits per heavy atom. The van der Waals surface area contributed by atoms with Crippen LogP contribution in [0.2, 0.25) is 5.02 Å². The largest absolute Gasteiger partial charge is 0.391 e. The van der Waals surface area contributed by atoms with Gasteiger partial charge in [-0.05, 0) is 40.5 Å². The fourth-order valence-corrected chi connectivity index (χ4v) is 3.19. The molecule has 0 aromatic carbocycles. The molecule has 1 aromatic rings. The van der Waals surface area contributed by atoms with Gasteiger partial charge in [0.1, 0.15) is 0 Å². The molecule has 2 atom stereocenters. The molecule has 1 N–H and O–H groups in total. The molecule has 1 aromatic heterocycles. The van der Waals surface area contributed by atoms with Crippen LogP contribution in [-0.2, 0) is 13.5 Å². The van der Waals surface area contributed by atoms with Crippen LogP contribution in [0, 0.1) is 6.92 Å². The van der Waals surface area contributed by atoms with Crippen molar-refractivity contribution in [1.82, 2.24) is 19.6 Å². The van der Waals surface area contributed by atoms with Crippen molar-refractivity contribution in [3.63, 3.8) is 0 Å². The molecule has 0 spiro atoms. The van der Waals surface area contributed by atoms with E-state index in [1.807, 2.05) is 14.0 Å². The summed E-state index contributed by atoms with van der Waals surface area (Å²) in [6.45, 7) is 4.87. The maximum absolute atomic E-state index is 10.6. The molecule has 2 rings (SSSR count). The molecule has 1 aliphatic rings. The van der Waals surface area contributed by atoms with Gasteiger partial charge in [0.15, 0.2) is 0 Å². The first-order valence-electron chi connectivity index (χ1n) is 7.15. The molecule has 2 heterocycles. The Morgan fingerprint density at radius 3 is 2.65 bits per heavy atom. The number of likely N-dealkylation sites (N-methyl/N-ethyl adjacent to an activating group) is 2. The van der Waals surface area contributed by atoms with Gasteiger partial charge in [-0.1, -0.05) is 11.6 Å². The molecular formula is C14H25ClN4O. The third kappa shape index (κ3) is 3.34. The van der Waals surface area contributed by atoms with Crippen LogP contribution in [0.25, 0.3) is 0 Å². The molecule has 1 fully saturated rings. The van der Waals surface area contributed by atoms with Gasteiger partial charge in [-0.3, -0.25) is 9.58 Å². The Bertz CT molecular complexity index is 462. The highest BCUT2D eigenvalue weighted by Crippen LogP contribution is 2.22. The molecule has 6 heteroatoms. The van der Waals surface area contributed by atoms with E-state index >= 15 is 0 Å². The zero-order chi connectivity index (χ0) is 14.9. The molecule has 0 radical (unpaired) electrons. The lowest BCUT2D eigenvalue weighted by Gasteiger charge is -2.31. The van der Waals surface area contributed by atoms with Crippen molar-refractivity contribution in [3.8, 4) is 0 Å². The zero-order valence-electron chi connectivity index (χ0n) is 12.8. The Labute approximate surface area is 126 Å². The Hall–Kier alpha value is -0.620. The van der Waals surface area contributed by atoms with Crippen molar-refractivity contribution >= 4 is 11.6 Å². The van der Waals surface area contributed by atoms with Crippen LogP contribution in [0.5, 0.6) is 0 Å². The van der Waals surface area contributed by atoms with Gasteiger partial charge >= 0.3 is 0 Å². The van der Waals surface area contributed by atoms with Gasteiger partial charge in [-0.15, -0.1) is 0 Å². The van der Waals surface area contributed by atoms with E-state index in [2.05, 4.69) is 29.0 Å². The topological polar surface area (TPSA) is 44.5 Å². The van der Waals surface area contributed by atoms with E-state index in [9.17, 15) is 5.11 Å². The van der Waals surface area contributed by atoms with Crippen LogP contribution in [0.1, 0.15) is 17.8 Å². The van der Waals surface area contributed by atoms with Crippen LogP contribution in [0.3, 0.4) is 0 Å². The molecule has 1 saturated heterocycles. The summed E-state index contributed by atoms with van der Waals surface area (Å²) in [5.74, 6) is 0. The van der Waals surface area contributed by atoms with E-state index < -0.39 is 6.10 Å². The van der Waals surface area contributed by atoms with E-state index in [0.717, 1.165) is 37.4 Å². The van der Waals surface area contributed by atoms with Gasteiger partial charge in [0.05, 0.1) is 22.5 Å². The smallest absolute Gasteiger partial charge is 0.0847 e. The highest BCUT2D eigenvalue weighted by Gasteiger charge is 2.28. The fourth-order valence-electron chi connectivity index (χ4n) is 2.96. The number of hydrogen-bond donors (Lipinski definition) is 1. The van der Waals surface area contributed by atoms with Crippen LogP contribution in [0.4, 0.5) is 0 Å². The van der Waals surface area contributed by atoms with E-state index in [1.165, 1.54) is 0 Å². The Balaban J connectivity index is 2.11. The number of aliphatic hydroxyl groups excluding tert-OH is 1. The Morgan fingerprint density at radius 2 is 2.05 bits per heavy atom. The maximum Gasteiger partial charge on any atom is 0.0847 e. The average Bonchev–Trinajstić information content (AvgIpc) is 2.54. The number of rotatable bonds is 3. The highest BCUT2D eigenvalue weighted by atomic mass is 35.5. The van der Waals surface area contributed by atoms with Gasteiger partial charge < -0.3 is 10.0 Å². The lowest BCUT2D eigenvalue weighted by molar-refractivity contribution is 0.0569. The molecule has 20 heavy (non-hydrogen) atoms. The fraction of sp³-hybridized carbons (Fsp3) is 0.786. The maximum atomic E-state index is 10.6. The Kier molecular flexibility index (Phi) is 5.07. The standard InChI is InChI=1S/C14H25ClN4O/c1-10-14(15)11(19(4)16-10)8-13(20)12-9-17(2)6-5-7-18(12)3/h12-13,20H,5-9H2,1-4H3. The van der Waals surface area contributed by atoms with E-state index in [-0.39, 0.29) is 6.04 Å². The van der Waals surface area contributed by atoms with E-state index in [4.69, 9.17) is 11.6 Å². The van der Waals surface area contributed by atoms with Crippen LogP contribution >= 0.6 is 11.6 Å². The number of halogens is 1. The lowest BCUT2D eigenvalue weighted by Crippen LogP contribution is -2.47. The SMILES string of the molecule is Cc1nn(C)c(CC(O)C2CN(C)CCCN2C)c1Cl. The van der Waals surface area contributed by atoms with E-state index in [1.54, 1.807) is 4.68 Å². The first-order valence-corrected chi connectivity index (χ1v) is 7.52. The lowest BCUT2D eigenvalue weighted by atomic mass is 10.0. The molecule has 0 aliphatic carbocycles. The number of aromatic nitrogens is 2. The summed E-state index contributed by atoms with van der Waals surface area (Å²) in [5.41, 5.74) is 1.74. The third-order valence-electron chi connectivity index (χ3n) is 4.22. The molecule has 0 amide bonds. The summed E-state index contributed by atoms with van der Waals surface area (Å²) in [5, 5.41) is 15.6. The monoisotopic (exact) mass is 300 g/mol. The summed E-state index contributed by atoms with van der Waals surface area (Å²) in [6, 6.07) is 0.133. The van der Waals surface area contributed by atoms with Gasteiger partial charge in [0.25, 0.3) is 0 Å². The summed E-state index contributed by atoms with van der Waals surface area (Å²) in [4.78, 5) is 4.54. The average molecular weight is 301 g/mol. The van der Waals surface area contributed by atoms with Crippen LogP contribution in [0.15, 0.2) is 0 Å². The van der Waals surface area contributed by atoms with Gasteiger partial charge in [0, 0.05) is 26.1 Å². The van der Waals surface area contributed by atoms with Crippen molar-refractivity contribution in [3.05, 3.63) is 16.4 Å². The second-order valence-corrected chi connectivity index (χ2v) is 6.28. The molecule has 2 unspecified atom stereocenters. The minimum Gasteiger partial charge on any atom is -0.391 e. The van der Waals surface area contributed by atoms with Crippen LogP contribution < -0.4 is 0 Å². The molecule has 1 aliphatic heterocycles. The predicted molar refractivity (Wildman–Crippen MR) is 81.2 cm³/mol. The summed E-state index contributed by atoms with van der Waals surface area (Å²) >= 11 is 6.28. The van der Waals surface area contributed by atoms with Crippen molar-refractivity contribution in [1.29, 1.82) is 0 Å². The quantitative estimate of drug-likeness (QED) is 0.902. The minimum atomic E-state index is -0.437. The molecule has 5 nitrogen and oxygen atoms in total. The third-order valence-corrected chi connectivity index (χ3v) is 4.72. The predicted octanol–water partition coefficient (Wildman–Crippen LogP) is 0.921. The van der Waals surface area contributed by atoms with E-state index in [0.29, 0.717) is 11.4 Å². The molecular weight excluding hydrogens is 276 g/mol. The summed E-state index contributed by atoms with van der Waals surface area (Å²) < 4.78 is 1.78.